The Morgan fingerprint density at radius 3 is 2.61 bits per heavy atom. The molecule has 0 bridgehead atoms. The van der Waals surface area contributed by atoms with Gasteiger partial charge in [0.05, 0.1) is 15.9 Å². The minimum atomic E-state index is -1.08. The number of rotatable bonds is 4. The van der Waals surface area contributed by atoms with E-state index in [0.717, 1.165) is 20.0 Å². The maximum Gasteiger partial charge on any atom is 0.508 e. The van der Waals surface area contributed by atoms with Crippen LogP contribution in [0.1, 0.15) is 30.5 Å². The molecule has 0 aliphatic carbocycles. The lowest BCUT2D eigenvalue weighted by atomic mass is 9.78. The molecule has 122 valence electrons. The normalized spacial score (nSPS) is 23.5. The molecule has 1 unspecified atom stereocenters. The standard InChI is InChI=1S/C14H19B2NO4S2/c1-9-6-11(10(2)23-9)15(18)20-14(5)13(3,4)19-16(21-14)12-7-17-8-22-12/h6-8,18H,1-5H3. The predicted octanol–water partition coefficient (Wildman–Crippen LogP) is 1.46. The smallest absolute Gasteiger partial charge is 0.423 e. The third-order valence-corrected chi connectivity index (χ3v) is 5.97. The Kier molecular flexibility index (Phi) is 4.46. The zero-order valence-corrected chi connectivity index (χ0v) is 15.5. The summed E-state index contributed by atoms with van der Waals surface area (Å²) in [6, 6.07) is 1.94. The van der Waals surface area contributed by atoms with Gasteiger partial charge in [0.2, 0.25) is 0 Å². The molecule has 2 aromatic heterocycles. The monoisotopic (exact) mass is 351 g/mol. The highest BCUT2D eigenvalue weighted by Crippen LogP contribution is 2.38. The molecule has 9 heteroatoms. The number of hydrogen-bond acceptors (Lipinski definition) is 7. The molecule has 1 N–H and O–H groups in total. The quantitative estimate of drug-likeness (QED) is 0.846. The predicted molar refractivity (Wildman–Crippen MR) is 94.6 cm³/mol. The van der Waals surface area contributed by atoms with Crippen molar-refractivity contribution in [2.75, 3.05) is 0 Å². The van der Waals surface area contributed by atoms with Crippen LogP contribution in [-0.4, -0.2) is 35.6 Å². The molecule has 0 aromatic carbocycles. The van der Waals surface area contributed by atoms with Crippen molar-refractivity contribution in [3.8, 4) is 0 Å². The maximum absolute atomic E-state index is 10.5. The fourth-order valence-electron chi connectivity index (χ4n) is 2.54. The molecule has 23 heavy (non-hydrogen) atoms. The summed E-state index contributed by atoms with van der Waals surface area (Å²) < 4.78 is 18.8. The summed E-state index contributed by atoms with van der Waals surface area (Å²) >= 11 is 3.10. The number of thiophene rings is 1. The van der Waals surface area contributed by atoms with E-state index in [1.807, 2.05) is 33.8 Å². The first-order chi connectivity index (χ1) is 10.7. The van der Waals surface area contributed by atoms with E-state index < -0.39 is 25.6 Å². The second kappa shape index (κ2) is 5.98. The second-order valence-corrected chi connectivity index (χ2v) is 8.64. The number of thiazole rings is 1. The van der Waals surface area contributed by atoms with Crippen molar-refractivity contribution in [3.63, 3.8) is 0 Å². The molecule has 0 radical (unpaired) electrons. The van der Waals surface area contributed by atoms with Gasteiger partial charge in [0.15, 0.2) is 5.79 Å². The Labute approximate surface area is 144 Å². The van der Waals surface area contributed by atoms with E-state index in [1.54, 1.807) is 30.0 Å². The highest BCUT2D eigenvalue weighted by molar-refractivity contribution is 7.20. The average Bonchev–Trinajstić information content (AvgIpc) is 3.10. The van der Waals surface area contributed by atoms with E-state index in [9.17, 15) is 5.02 Å². The van der Waals surface area contributed by atoms with Gasteiger partial charge in [-0.25, -0.2) is 0 Å². The maximum atomic E-state index is 10.5. The molecule has 0 spiro atoms. The molecule has 0 saturated carbocycles. The van der Waals surface area contributed by atoms with Gasteiger partial charge in [-0.05, 0) is 46.1 Å². The Balaban J connectivity index is 1.81. The minimum Gasteiger partial charge on any atom is -0.423 e. The van der Waals surface area contributed by atoms with Gasteiger partial charge in [-0.15, -0.1) is 22.7 Å². The zero-order valence-electron chi connectivity index (χ0n) is 13.8. The fourth-order valence-corrected chi connectivity index (χ4v) is 4.06. The molecule has 5 nitrogen and oxygen atoms in total. The third-order valence-electron chi connectivity index (χ3n) is 4.19. The van der Waals surface area contributed by atoms with Gasteiger partial charge in [-0.1, -0.05) is 0 Å². The van der Waals surface area contributed by atoms with E-state index >= 15 is 0 Å². The first kappa shape index (κ1) is 17.1. The minimum absolute atomic E-state index is 0.542. The molecule has 1 aliphatic rings. The highest BCUT2D eigenvalue weighted by atomic mass is 32.1. The summed E-state index contributed by atoms with van der Waals surface area (Å²) in [4.78, 5) is 6.23. The first-order valence-corrected chi connectivity index (χ1v) is 9.08. The Hall–Kier alpha value is -0.700. The van der Waals surface area contributed by atoms with Crippen molar-refractivity contribution in [2.24, 2.45) is 0 Å². The molecule has 1 fully saturated rings. The van der Waals surface area contributed by atoms with Gasteiger partial charge >= 0.3 is 14.2 Å². The molecule has 0 amide bonds. The fraction of sp³-hybridized carbons (Fsp3) is 0.500. The van der Waals surface area contributed by atoms with E-state index in [-0.39, 0.29) is 0 Å². The largest absolute Gasteiger partial charge is 0.508 e. The summed E-state index contributed by atoms with van der Waals surface area (Å²) in [5.41, 5.74) is 1.79. The molecule has 1 saturated heterocycles. The van der Waals surface area contributed by atoms with E-state index in [2.05, 4.69) is 4.98 Å². The molecular weight excluding hydrogens is 332 g/mol. The van der Waals surface area contributed by atoms with Crippen LogP contribution in [0.5, 0.6) is 0 Å². The number of aryl methyl sites for hydroxylation is 2. The highest BCUT2D eigenvalue weighted by Gasteiger charge is 2.57. The molecule has 2 aromatic rings. The van der Waals surface area contributed by atoms with Crippen LogP contribution >= 0.6 is 22.7 Å². The Morgan fingerprint density at radius 2 is 2.04 bits per heavy atom. The van der Waals surface area contributed by atoms with Crippen molar-refractivity contribution in [3.05, 3.63) is 27.5 Å². The van der Waals surface area contributed by atoms with E-state index in [0.29, 0.717) is 0 Å². The van der Waals surface area contributed by atoms with Crippen LogP contribution in [0.15, 0.2) is 17.8 Å². The number of nitrogens with zero attached hydrogens (tertiary/aromatic N) is 1. The van der Waals surface area contributed by atoms with Crippen molar-refractivity contribution >= 4 is 47.1 Å². The van der Waals surface area contributed by atoms with Gasteiger partial charge in [-0.2, -0.15) is 0 Å². The molecule has 3 heterocycles. The van der Waals surface area contributed by atoms with Crippen LogP contribution in [0.25, 0.3) is 0 Å². The van der Waals surface area contributed by atoms with Gasteiger partial charge in [0.25, 0.3) is 0 Å². The average molecular weight is 351 g/mol. The molecule has 3 rings (SSSR count). The summed E-state index contributed by atoms with van der Waals surface area (Å²) in [6.45, 7) is 9.57. The third kappa shape index (κ3) is 3.14. The van der Waals surface area contributed by atoms with Gasteiger partial charge in [-0.3, -0.25) is 4.98 Å². The Morgan fingerprint density at radius 1 is 1.30 bits per heavy atom. The van der Waals surface area contributed by atoms with Gasteiger partial charge in [0, 0.05) is 16.0 Å². The van der Waals surface area contributed by atoms with Crippen molar-refractivity contribution in [1.82, 2.24) is 4.98 Å². The molecular formula is C14H19B2NO4S2. The number of hydrogen-bond donors (Lipinski definition) is 1. The van der Waals surface area contributed by atoms with Gasteiger partial charge < -0.3 is 19.0 Å². The van der Waals surface area contributed by atoms with Crippen LogP contribution < -0.4 is 10.2 Å². The Bertz CT molecular complexity index is 691. The van der Waals surface area contributed by atoms with Crippen LogP contribution in [0.3, 0.4) is 0 Å². The molecule has 1 aliphatic heterocycles. The van der Waals surface area contributed by atoms with E-state index in [4.69, 9.17) is 14.0 Å². The van der Waals surface area contributed by atoms with Crippen LogP contribution in [-0.2, 0) is 14.0 Å². The van der Waals surface area contributed by atoms with E-state index in [1.165, 1.54) is 11.3 Å². The van der Waals surface area contributed by atoms with Crippen LogP contribution in [0.4, 0.5) is 0 Å². The lowest BCUT2D eigenvalue weighted by Gasteiger charge is -2.37. The van der Waals surface area contributed by atoms with Gasteiger partial charge in [0.1, 0.15) is 0 Å². The van der Waals surface area contributed by atoms with Crippen LogP contribution in [0, 0.1) is 13.8 Å². The first-order valence-electron chi connectivity index (χ1n) is 7.39. The lowest BCUT2D eigenvalue weighted by molar-refractivity contribution is -0.164. The summed E-state index contributed by atoms with van der Waals surface area (Å²) in [7, 11) is -1.60. The topological polar surface area (TPSA) is 60.8 Å². The molecule has 1 atom stereocenters. The summed E-state index contributed by atoms with van der Waals surface area (Å²) in [5, 5.41) is 10.5. The second-order valence-electron chi connectivity index (χ2n) is 6.27. The number of aromatic nitrogens is 1. The summed E-state index contributed by atoms with van der Waals surface area (Å²) in [5.74, 6) is -1.08. The SMILES string of the molecule is Cc1cc(B(O)OC2(C)OB(c3cncs3)OC2(C)C)c(C)s1. The lowest BCUT2D eigenvalue weighted by Crippen LogP contribution is -2.53. The van der Waals surface area contributed by atoms with Crippen molar-refractivity contribution < 1.29 is 19.0 Å². The zero-order chi connectivity index (χ0) is 16.8. The van der Waals surface area contributed by atoms with Crippen molar-refractivity contribution in [2.45, 2.75) is 46.0 Å². The summed E-state index contributed by atoms with van der Waals surface area (Å²) in [6.07, 6.45) is 1.72. The van der Waals surface area contributed by atoms with Crippen molar-refractivity contribution in [1.29, 1.82) is 0 Å². The van der Waals surface area contributed by atoms with Crippen LogP contribution in [0.2, 0.25) is 0 Å².